The number of oxazole rings is 1. The van der Waals surface area contributed by atoms with E-state index in [1.165, 1.54) is 0 Å². The van der Waals surface area contributed by atoms with E-state index < -0.39 is 23.4 Å². The van der Waals surface area contributed by atoms with Crippen LogP contribution in [-0.2, 0) is 0 Å². The SMILES string of the molecule is CC(C)c1nc(C(=O)O)c(C(=O)O)o1. The normalized spacial score (nSPS) is 10.5. The first-order valence-electron chi connectivity index (χ1n) is 3.90. The fourth-order valence-electron chi connectivity index (χ4n) is 0.874. The largest absolute Gasteiger partial charge is 0.476 e. The number of rotatable bonds is 3. The molecule has 0 saturated heterocycles. The molecule has 1 rings (SSSR count). The fraction of sp³-hybridized carbons (Fsp3) is 0.375. The van der Waals surface area contributed by atoms with Crippen LogP contribution in [-0.4, -0.2) is 27.1 Å². The van der Waals surface area contributed by atoms with Gasteiger partial charge in [0.25, 0.3) is 0 Å². The number of aromatic carboxylic acids is 2. The summed E-state index contributed by atoms with van der Waals surface area (Å²) in [6.45, 7) is 3.45. The molecule has 6 nitrogen and oxygen atoms in total. The van der Waals surface area contributed by atoms with Crippen LogP contribution in [0.1, 0.15) is 46.7 Å². The first-order valence-corrected chi connectivity index (χ1v) is 3.90. The van der Waals surface area contributed by atoms with Crippen molar-refractivity contribution in [3.63, 3.8) is 0 Å². The highest BCUT2D eigenvalue weighted by atomic mass is 16.4. The highest BCUT2D eigenvalue weighted by molar-refractivity contribution is 5.98. The number of hydrogen-bond donors (Lipinski definition) is 2. The summed E-state index contributed by atoms with van der Waals surface area (Å²) >= 11 is 0. The molecule has 1 aromatic rings. The second-order valence-electron chi connectivity index (χ2n) is 2.99. The van der Waals surface area contributed by atoms with Crippen LogP contribution >= 0.6 is 0 Å². The Balaban J connectivity index is 3.26. The predicted octanol–water partition coefficient (Wildman–Crippen LogP) is 1.19. The lowest BCUT2D eigenvalue weighted by molar-refractivity contribution is 0.0622. The summed E-state index contributed by atoms with van der Waals surface area (Å²) in [6.07, 6.45) is 0. The van der Waals surface area contributed by atoms with Crippen LogP contribution in [0.4, 0.5) is 0 Å². The molecule has 0 aliphatic heterocycles. The molecule has 0 spiro atoms. The Morgan fingerprint density at radius 3 is 2.14 bits per heavy atom. The summed E-state index contributed by atoms with van der Waals surface area (Å²) in [4.78, 5) is 24.7. The first kappa shape index (κ1) is 10.2. The van der Waals surface area contributed by atoms with E-state index in [1.54, 1.807) is 13.8 Å². The number of carboxylic acids is 2. The lowest BCUT2D eigenvalue weighted by Gasteiger charge is -1.94. The number of hydrogen-bond acceptors (Lipinski definition) is 4. The van der Waals surface area contributed by atoms with E-state index in [4.69, 9.17) is 14.6 Å². The summed E-state index contributed by atoms with van der Waals surface area (Å²) < 4.78 is 4.81. The molecule has 76 valence electrons. The van der Waals surface area contributed by atoms with Gasteiger partial charge in [-0.25, -0.2) is 14.6 Å². The van der Waals surface area contributed by atoms with Crippen molar-refractivity contribution < 1.29 is 24.2 Å². The van der Waals surface area contributed by atoms with E-state index in [0.29, 0.717) is 0 Å². The average Bonchev–Trinajstić information content (AvgIpc) is 2.47. The fourth-order valence-corrected chi connectivity index (χ4v) is 0.874. The molecule has 0 aliphatic carbocycles. The molecule has 6 heteroatoms. The lowest BCUT2D eigenvalue weighted by atomic mass is 10.2. The number of aromatic nitrogens is 1. The zero-order chi connectivity index (χ0) is 10.9. The Morgan fingerprint density at radius 1 is 1.29 bits per heavy atom. The zero-order valence-electron chi connectivity index (χ0n) is 7.64. The van der Waals surface area contributed by atoms with Gasteiger partial charge in [-0.2, -0.15) is 0 Å². The van der Waals surface area contributed by atoms with Crippen LogP contribution in [0.3, 0.4) is 0 Å². The van der Waals surface area contributed by atoms with Crippen molar-refractivity contribution >= 4 is 11.9 Å². The molecule has 0 fully saturated rings. The van der Waals surface area contributed by atoms with E-state index in [0.717, 1.165) is 0 Å². The Bertz CT molecular complexity index is 348. The van der Waals surface area contributed by atoms with Gasteiger partial charge < -0.3 is 14.6 Å². The maximum atomic E-state index is 10.6. The molecule has 0 bridgehead atoms. The lowest BCUT2D eigenvalue weighted by Crippen LogP contribution is -2.05. The van der Waals surface area contributed by atoms with E-state index in [2.05, 4.69) is 4.98 Å². The molecule has 0 atom stereocenters. The summed E-state index contributed by atoms with van der Waals surface area (Å²) in [5.74, 6) is -3.50. The molecular formula is C8H9NO5. The number of carbonyl (C=O) groups is 2. The van der Waals surface area contributed by atoms with Gasteiger partial charge in [-0.05, 0) is 0 Å². The molecular weight excluding hydrogens is 190 g/mol. The van der Waals surface area contributed by atoms with Crippen molar-refractivity contribution in [2.24, 2.45) is 0 Å². The molecule has 0 amide bonds. The summed E-state index contributed by atoms with van der Waals surface area (Å²) in [7, 11) is 0. The smallest absolute Gasteiger partial charge is 0.374 e. The van der Waals surface area contributed by atoms with E-state index in [9.17, 15) is 9.59 Å². The minimum absolute atomic E-state index is 0.111. The maximum Gasteiger partial charge on any atom is 0.374 e. The Hall–Kier alpha value is -1.85. The second-order valence-corrected chi connectivity index (χ2v) is 2.99. The Kier molecular flexibility index (Phi) is 2.55. The van der Waals surface area contributed by atoms with Crippen molar-refractivity contribution in [1.82, 2.24) is 4.98 Å². The third-order valence-electron chi connectivity index (χ3n) is 1.53. The molecule has 2 N–H and O–H groups in total. The van der Waals surface area contributed by atoms with E-state index >= 15 is 0 Å². The van der Waals surface area contributed by atoms with Gasteiger partial charge in [0, 0.05) is 5.92 Å². The van der Waals surface area contributed by atoms with Crippen molar-refractivity contribution in [1.29, 1.82) is 0 Å². The highest BCUT2D eigenvalue weighted by Crippen LogP contribution is 2.18. The summed E-state index contributed by atoms with van der Waals surface area (Å²) in [6, 6.07) is 0. The molecule has 0 saturated carbocycles. The minimum atomic E-state index is -1.43. The van der Waals surface area contributed by atoms with Crippen LogP contribution in [0.25, 0.3) is 0 Å². The maximum absolute atomic E-state index is 10.6. The molecule has 0 aliphatic rings. The van der Waals surface area contributed by atoms with Gasteiger partial charge >= 0.3 is 11.9 Å². The Labute approximate surface area is 79.2 Å². The molecule has 0 unspecified atom stereocenters. The molecule has 1 heterocycles. The average molecular weight is 199 g/mol. The van der Waals surface area contributed by atoms with Crippen LogP contribution in [0.5, 0.6) is 0 Å². The van der Waals surface area contributed by atoms with Gasteiger partial charge in [-0.15, -0.1) is 0 Å². The van der Waals surface area contributed by atoms with Gasteiger partial charge in [0.1, 0.15) is 0 Å². The van der Waals surface area contributed by atoms with Gasteiger partial charge in [-0.3, -0.25) is 0 Å². The van der Waals surface area contributed by atoms with E-state index in [1.807, 2.05) is 0 Å². The second kappa shape index (κ2) is 3.49. The monoisotopic (exact) mass is 199 g/mol. The van der Waals surface area contributed by atoms with Gasteiger partial charge in [0.15, 0.2) is 5.89 Å². The summed E-state index contributed by atoms with van der Waals surface area (Å²) in [5, 5.41) is 17.2. The van der Waals surface area contributed by atoms with E-state index in [-0.39, 0.29) is 11.8 Å². The van der Waals surface area contributed by atoms with Gasteiger partial charge in [0.05, 0.1) is 0 Å². The van der Waals surface area contributed by atoms with Crippen molar-refractivity contribution in [2.75, 3.05) is 0 Å². The Morgan fingerprint density at radius 2 is 1.86 bits per heavy atom. The van der Waals surface area contributed by atoms with Crippen molar-refractivity contribution in [3.8, 4) is 0 Å². The third kappa shape index (κ3) is 1.73. The number of carboxylic acid groups (broad SMARTS) is 2. The van der Waals surface area contributed by atoms with Crippen molar-refractivity contribution in [3.05, 3.63) is 17.3 Å². The highest BCUT2D eigenvalue weighted by Gasteiger charge is 2.25. The van der Waals surface area contributed by atoms with Gasteiger partial charge in [0.2, 0.25) is 11.5 Å². The van der Waals surface area contributed by atoms with Crippen LogP contribution < -0.4 is 0 Å². The minimum Gasteiger partial charge on any atom is -0.476 e. The van der Waals surface area contributed by atoms with Crippen LogP contribution in [0, 0.1) is 0 Å². The predicted molar refractivity (Wildman–Crippen MR) is 44.5 cm³/mol. The number of nitrogens with zero attached hydrogens (tertiary/aromatic N) is 1. The molecule has 14 heavy (non-hydrogen) atoms. The van der Waals surface area contributed by atoms with Gasteiger partial charge in [-0.1, -0.05) is 13.8 Å². The molecule has 0 aromatic carbocycles. The zero-order valence-corrected chi connectivity index (χ0v) is 7.64. The third-order valence-corrected chi connectivity index (χ3v) is 1.53. The van der Waals surface area contributed by atoms with Crippen LogP contribution in [0.15, 0.2) is 4.42 Å². The summed E-state index contributed by atoms with van der Waals surface area (Å²) in [5.41, 5.74) is -0.554. The molecule has 1 aromatic heterocycles. The topological polar surface area (TPSA) is 101 Å². The first-order chi connectivity index (χ1) is 6.43. The van der Waals surface area contributed by atoms with Crippen LogP contribution in [0.2, 0.25) is 0 Å². The molecule has 0 radical (unpaired) electrons. The van der Waals surface area contributed by atoms with Crippen molar-refractivity contribution in [2.45, 2.75) is 19.8 Å². The quantitative estimate of drug-likeness (QED) is 0.758. The standard InChI is InChI=1S/C8H9NO5/c1-3(2)6-9-4(7(10)11)5(14-6)8(12)13/h3H,1-2H3,(H,10,11)(H,12,13).